The summed E-state index contributed by atoms with van der Waals surface area (Å²) in [6.07, 6.45) is 3.68. The second-order valence-electron chi connectivity index (χ2n) is 6.07. The first-order valence-electron chi connectivity index (χ1n) is 7.75. The number of carbonyl (C=O) groups excluding carboxylic acids is 1. The van der Waals surface area contributed by atoms with E-state index in [2.05, 4.69) is 5.32 Å². The van der Waals surface area contributed by atoms with Crippen molar-refractivity contribution in [1.29, 1.82) is 0 Å². The summed E-state index contributed by atoms with van der Waals surface area (Å²) in [6, 6.07) is 14.1. The van der Waals surface area contributed by atoms with Crippen molar-refractivity contribution in [3.05, 3.63) is 65.5 Å². The molecule has 0 aromatic heterocycles. The van der Waals surface area contributed by atoms with Gasteiger partial charge in [0.25, 0.3) is 0 Å². The molecule has 0 unspecified atom stereocenters. The molecule has 0 bridgehead atoms. The number of anilines is 1. The highest BCUT2D eigenvalue weighted by molar-refractivity contribution is 5.99. The maximum atomic E-state index is 13.2. The molecule has 0 saturated heterocycles. The van der Waals surface area contributed by atoms with Crippen molar-refractivity contribution in [3.63, 3.8) is 0 Å². The lowest BCUT2D eigenvalue weighted by Crippen LogP contribution is -2.38. The van der Waals surface area contributed by atoms with Gasteiger partial charge in [0, 0.05) is 5.69 Å². The zero-order chi connectivity index (χ0) is 15.6. The number of benzene rings is 2. The highest BCUT2D eigenvalue weighted by Gasteiger charge is 2.42. The fraction of sp³-hybridized carbons (Fsp3) is 0.316. The molecule has 1 aliphatic carbocycles. The molecule has 2 aromatic carbocycles. The Balaban J connectivity index is 1.92. The smallest absolute Gasteiger partial charge is 0.235 e. The van der Waals surface area contributed by atoms with Crippen LogP contribution in [-0.2, 0) is 10.2 Å². The van der Waals surface area contributed by atoms with E-state index in [1.807, 2.05) is 31.2 Å². The van der Waals surface area contributed by atoms with Gasteiger partial charge in [-0.1, -0.05) is 43.2 Å². The summed E-state index contributed by atoms with van der Waals surface area (Å²) >= 11 is 0. The van der Waals surface area contributed by atoms with Crippen LogP contribution >= 0.6 is 0 Å². The van der Waals surface area contributed by atoms with E-state index in [9.17, 15) is 9.18 Å². The maximum absolute atomic E-state index is 13.2. The Morgan fingerprint density at radius 2 is 1.68 bits per heavy atom. The molecular weight excluding hydrogens is 277 g/mol. The number of carbonyl (C=O) groups is 1. The molecule has 0 radical (unpaired) electrons. The van der Waals surface area contributed by atoms with E-state index >= 15 is 0 Å². The number of hydrogen-bond donors (Lipinski definition) is 1. The van der Waals surface area contributed by atoms with Gasteiger partial charge < -0.3 is 5.32 Å². The first-order chi connectivity index (χ1) is 10.6. The van der Waals surface area contributed by atoms with Crippen LogP contribution in [0.4, 0.5) is 10.1 Å². The molecule has 2 aromatic rings. The Bertz CT molecular complexity index is 672. The average Bonchev–Trinajstić information content (AvgIpc) is 3.01. The third-order valence-corrected chi connectivity index (χ3v) is 4.68. The zero-order valence-corrected chi connectivity index (χ0v) is 12.7. The van der Waals surface area contributed by atoms with E-state index in [0.29, 0.717) is 0 Å². The lowest BCUT2D eigenvalue weighted by molar-refractivity contribution is -0.121. The number of nitrogens with one attached hydrogen (secondary N) is 1. The third kappa shape index (κ3) is 2.63. The molecule has 22 heavy (non-hydrogen) atoms. The number of halogens is 1. The molecule has 1 fully saturated rings. The second kappa shape index (κ2) is 5.91. The largest absolute Gasteiger partial charge is 0.325 e. The van der Waals surface area contributed by atoms with Crippen molar-refractivity contribution < 1.29 is 9.18 Å². The molecular formula is C19H20FNO. The lowest BCUT2D eigenvalue weighted by atomic mass is 9.78. The van der Waals surface area contributed by atoms with Gasteiger partial charge in [-0.25, -0.2) is 4.39 Å². The number of aryl methyl sites for hydroxylation is 1. The first kappa shape index (κ1) is 14.8. The van der Waals surface area contributed by atoms with Crippen LogP contribution in [0.1, 0.15) is 36.8 Å². The third-order valence-electron chi connectivity index (χ3n) is 4.68. The Hall–Kier alpha value is -2.16. The fourth-order valence-electron chi connectivity index (χ4n) is 3.35. The number of rotatable bonds is 3. The minimum atomic E-state index is -0.532. The second-order valence-corrected chi connectivity index (χ2v) is 6.07. The zero-order valence-electron chi connectivity index (χ0n) is 12.7. The van der Waals surface area contributed by atoms with Crippen molar-refractivity contribution in [2.45, 2.75) is 38.0 Å². The van der Waals surface area contributed by atoms with Gasteiger partial charge in [0.1, 0.15) is 5.82 Å². The maximum Gasteiger partial charge on any atom is 0.235 e. The van der Waals surface area contributed by atoms with Gasteiger partial charge in [-0.2, -0.15) is 0 Å². The Morgan fingerprint density at radius 3 is 2.32 bits per heavy atom. The van der Waals surface area contributed by atoms with Crippen molar-refractivity contribution in [1.82, 2.24) is 0 Å². The average molecular weight is 297 g/mol. The van der Waals surface area contributed by atoms with Gasteiger partial charge in [0.15, 0.2) is 0 Å². The fourth-order valence-corrected chi connectivity index (χ4v) is 3.35. The van der Waals surface area contributed by atoms with Gasteiger partial charge in [-0.3, -0.25) is 4.79 Å². The highest BCUT2D eigenvalue weighted by Crippen LogP contribution is 2.42. The van der Waals surface area contributed by atoms with E-state index in [1.165, 1.54) is 12.1 Å². The molecule has 3 rings (SSSR count). The van der Waals surface area contributed by atoms with Crippen LogP contribution in [0.5, 0.6) is 0 Å². The predicted octanol–water partition coefficient (Wildman–Crippen LogP) is 4.58. The number of amides is 1. The van der Waals surface area contributed by atoms with Gasteiger partial charge in [-0.05, 0) is 49.1 Å². The summed E-state index contributed by atoms with van der Waals surface area (Å²) < 4.78 is 13.2. The highest BCUT2D eigenvalue weighted by atomic mass is 19.1. The standard InChI is InChI=1S/C19H20FNO/c1-14-6-2-3-7-17(14)21-18(22)19(12-4-5-13-19)15-8-10-16(20)11-9-15/h2-3,6-11H,4-5,12-13H2,1H3,(H,21,22). The summed E-state index contributed by atoms with van der Waals surface area (Å²) in [4.78, 5) is 13.0. The molecule has 114 valence electrons. The van der Waals surface area contributed by atoms with E-state index in [-0.39, 0.29) is 11.7 Å². The Labute approximate surface area is 130 Å². The summed E-state index contributed by atoms with van der Waals surface area (Å²) in [5.74, 6) is -0.248. The predicted molar refractivity (Wildman–Crippen MR) is 86.4 cm³/mol. The van der Waals surface area contributed by atoms with Crippen LogP contribution < -0.4 is 5.32 Å². The minimum Gasteiger partial charge on any atom is -0.325 e. The molecule has 1 aliphatic rings. The Morgan fingerprint density at radius 1 is 1.05 bits per heavy atom. The molecule has 3 heteroatoms. The van der Waals surface area contributed by atoms with Gasteiger partial charge in [0.2, 0.25) is 5.91 Å². The number of para-hydroxylation sites is 1. The van der Waals surface area contributed by atoms with E-state index in [1.54, 1.807) is 12.1 Å². The van der Waals surface area contributed by atoms with E-state index in [4.69, 9.17) is 0 Å². The number of hydrogen-bond acceptors (Lipinski definition) is 1. The first-order valence-corrected chi connectivity index (χ1v) is 7.75. The molecule has 0 atom stereocenters. The van der Waals surface area contributed by atoms with Gasteiger partial charge in [-0.15, -0.1) is 0 Å². The van der Waals surface area contributed by atoms with Crippen LogP contribution in [0.25, 0.3) is 0 Å². The van der Waals surface area contributed by atoms with Crippen molar-refractivity contribution in [2.24, 2.45) is 0 Å². The van der Waals surface area contributed by atoms with Crippen LogP contribution in [0, 0.1) is 12.7 Å². The summed E-state index contributed by atoms with van der Waals surface area (Å²) in [5, 5.41) is 3.07. The molecule has 0 spiro atoms. The molecule has 0 heterocycles. The molecule has 1 N–H and O–H groups in total. The van der Waals surface area contributed by atoms with Gasteiger partial charge >= 0.3 is 0 Å². The van der Waals surface area contributed by atoms with E-state index in [0.717, 1.165) is 42.5 Å². The summed E-state index contributed by atoms with van der Waals surface area (Å²) in [7, 11) is 0. The Kier molecular flexibility index (Phi) is 3.97. The summed E-state index contributed by atoms with van der Waals surface area (Å²) in [5.41, 5.74) is 2.28. The molecule has 1 saturated carbocycles. The van der Waals surface area contributed by atoms with Crippen LogP contribution in [-0.4, -0.2) is 5.91 Å². The van der Waals surface area contributed by atoms with Crippen LogP contribution in [0.2, 0.25) is 0 Å². The lowest BCUT2D eigenvalue weighted by Gasteiger charge is -2.28. The quantitative estimate of drug-likeness (QED) is 0.882. The topological polar surface area (TPSA) is 29.1 Å². The van der Waals surface area contributed by atoms with Crippen LogP contribution in [0.15, 0.2) is 48.5 Å². The SMILES string of the molecule is Cc1ccccc1NC(=O)C1(c2ccc(F)cc2)CCCC1. The minimum absolute atomic E-state index is 0.0194. The molecule has 2 nitrogen and oxygen atoms in total. The van der Waals surface area contributed by atoms with Crippen molar-refractivity contribution in [2.75, 3.05) is 5.32 Å². The molecule has 1 amide bonds. The monoisotopic (exact) mass is 297 g/mol. The summed E-state index contributed by atoms with van der Waals surface area (Å²) in [6.45, 7) is 1.98. The molecule has 0 aliphatic heterocycles. The van der Waals surface area contributed by atoms with Crippen molar-refractivity contribution in [3.8, 4) is 0 Å². The van der Waals surface area contributed by atoms with E-state index < -0.39 is 5.41 Å². The normalized spacial score (nSPS) is 16.5. The van der Waals surface area contributed by atoms with Gasteiger partial charge in [0.05, 0.1) is 5.41 Å². The van der Waals surface area contributed by atoms with Crippen molar-refractivity contribution >= 4 is 11.6 Å². The van der Waals surface area contributed by atoms with Crippen LogP contribution in [0.3, 0.4) is 0 Å².